The molecular weight excluding hydrogens is 248 g/mol. The largest absolute Gasteiger partial charge is 0.399 e. The molecule has 0 aliphatic carbocycles. The van der Waals surface area contributed by atoms with Crippen LogP contribution in [0.1, 0.15) is 32.6 Å². The maximum atomic E-state index is 5.76. The van der Waals surface area contributed by atoms with Crippen molar-refractivity contribution in [3.63, 3.8) is 0 Å². The first-order valence-corrected chi connectivity index (χ1v) is 7.88. The predicted molar refractivity (Wildman–Crippen MR) is 78.9 cm³/mol. The Morgan fingerprint density at radius 1 is 1.29 bits per heavy atom. The molecule has 1 heterocycles. The molecule has 1 aromatic carbocycles. The lowest BCUT2D eigenvalue weighted by Crippen LogP contribution is -1.81. The minimum Gasteiger partial charge on any atom is -0.399 e. The molecule has 2 rings (SSSR count). The number of nitrogens with two attached hydrogens (primary N) is 1. The fraction of sp³-hybridized carbons (Fsp3) is 0.462. The van der Waals surface area contributed by atoms with Crippen LogP contribution < -0.4 is 5.73 Å². The zero-order valence-corrected chi connectivity index (χ0v) is 11.7. The molecule has 0 spiro atoms. The van der Waals surface area contributed by atoms with Gasteiger partial charge in [0.05, 0.1) is 10.2 Å². The molecular formula is C13H18N2S2. The molecule has 0 amide bonds. The van der Waals surface area contributed by atoms with Gasteiger partial charge in [-0.15, -0.1) is 11.3 Å². The van der Waals surface area contributed by atoms with Gasteiger partial charge in [-0.3, -0.25) is 0 Å². The van der Waals surface area contributed by atoms with E-state index in [-0.39, 0.29) is 0 Å². The number of nitrogens with zero attached hydrogens (tertiary/aromatic N) is 1. The topological polar surface area (TPSA) is 38.9 Å². The highest BCUT2D eigenvalue weighted by molar-refractivity contribution is 8.01. The second kappa shape index (κ2) is 6.26. The molecule has 0 aliphatic heterocycles. The first kappa shape index (κ1) is 12.7. The zero-order chi connectivity index (χ0) is 12.1. The Bertz CT molecular complexity index is 479. The Kier molecular flexibility index (Phi) is 4.68. The van der Waals surface area contributed by atoms with Crippen molar-refractivity contribution in [2.45, 2.75) is 36.9 Å². The smallest absolute Gasteiger partial charge is 0.151 e. The van der Waals surface area contributed by atoms with Crippen LogP contribution in [-0.2, 0) is 0 Å². The van der Waals surface area contributed by atoms with E-state index in [2.05, 4.69) is 11.9 Å². The van der Waals surface area contributed by atoms with Gasteiger partial charge in [0.1, 0.15) is 0 Å². The summed E-state index contributed by atoms with van der Waals surface area (Å²) in [5, 5.41) is 0. The van der Waals surface area contributed by atoms with Gasteiger partial charge in [-0.05, 0) is 24.6 Å². The van der Waals surface area contributed by atoms with Crippen molar-refractivity contribution in [2.75, 3.05) is 11.5 Å². The number of aromatic nitrogens is 1. The van der Waals surface area contributed by atoms with Gasteiger partial charge < -0.3 is 5.73 Å². The molecule has 0 aliphatic rings. The normalized spacial score (nSPS) is 11.1. The molecule has 92 valence electrons. The van der Waals surface area contributed by atoms with Crippen LogP contribution in [0.5, 0.6) is 0 Å². The minimum atomic E-state index is 0.820. The second-order valence-corrected chi connectivity index (χ2v) is 6.49. The summed E-state index contributed by atoms with van der Waals surface area (Å²) in [7, 11) is 0. The highest BCUT2D eigenvalue weighted by Gasteiger charge is 2.04. The monoisotopic (exact) mass is 266 g/mol. The number of anilines is 1. The average molecular weight is 266 g/mol. The Hall–Kier alpha value is -0.740. The van der Waals surface area contributed by atoms with Crippen LogP contribution in [0.2, 0.25) is 0 Å². The summed E-state index contributed by atoms with van der Waals surface area (Å²) >= 11 is 3.62. The molecule has 17 heavy (non-hydrogen) atoms. The summed E-state index contributed by atoms with van der Waals surface area (Å²) in [5.74, 6) is 1.18. The van der Waals surface area contributed by atoms with E-state index in [1.807, 2.05) is 30.0 Å². The van der Waals surface area contributed by atoms with Gasteiger partial charge in [0.2, 0.25) is 0 Å². The quantitative estimate of drug-likeness (QED) is 0.473. The Balaban J connectivity index is 1.91. The maximum absolute atomic E-state index is 5.76. The van der Waals surface area contributed by atoms with Crippen LogP contribution in [0.15, 0.2) is 22.5 Å². The molecule has 0 saturated carbocycles. The van der Waals surface area contributed by atoms with Crippen molar-refractivity contribution in [1.29, 1.82) is 0 Å². The maximum Gasteiger partial charge on any atom is 0.151 e. The van der Waals surface area contributed by atoms with Crippen molar-refractivity contribution in [3.05, 3.63) is 18.2 Å². The molecule has 0 radical (unpaired) electrons. The van der Waals surface area contributed by atoms with Gasteiger partial charge >= 0.3 is 0 Å². The molecule has 0 atom stereocenters. The molecule has 4 heteroatoms. The molecule has 2 aromatic rings. The SMILES string of the molecule is CCCCCCSc1nc2ccc(N)cc2s1. The van der Waals surface area contributed by atoms with Gasteiger partial charge in [-0.1, -0.05) is 37.9 Å². The summed E-state index contributed by atoms with van der Waals surface area (Å²) < 4.78 is 2.36. The third-order valence-corrected chi connectivity index (χ3v) is 4.86. The number of hydrogen-bond acceptors (Lipinski definition) is 4. The second-order valence-electron chi connectivity index (χ2n) is 4.12. The fourth-order valence-corrected chi connectivity index (χ4v) is 3.86. The fourth-order valence-electron chi connectivity index (χ4n) is 1.67. The Morgan fingerprint density at radius 3 is 3.00 bits per heavy atom. The Morgan fingerprint density at radius 2 is 2.18 bits per heavy atom. The summed E-state index contributed by atoms with van der Waals surface area (Å²) in [6.45, 7) is 2.24. The van der Waals surface area contributed by atoms with Crippen LogP contribution in [0, 0.1) is 0 Å². The highest BCUT2D eigenvalue weighted by atomic mass is 32.2. The molecule has 2 nitrogen and oxygen atoms in total. The van der Waals surface area contributed by atoms with E-state index in [1.165, 1.54) is 40.5 Å². The molecule has 0 unspecified atom stereocenters. The standard InChI is InChI=1S/C13H18N2S2/c1-2-3-4-5-8-16-13-15-11-7-6-10(14)9-12(11)17-13/h6-7,9H,2-5,8,14H2,1H3. The van der Waals surface area contributed by atoms with Gasteiger partial charge in [-0.2, -0.15) is 0 Å². The van der Waals surface area contributed by atoms with Crippen molar-refractivity contribution in [3.8, 4) is 0 Å². The third kappa shape index (κ3) is 3.61. The number of benzene rings is 1. The van der Waals surface area contributed by atoms with Crippen LogP contribution >= 0.6 is 23.1 Å². The average Bonchev–Trinajstić information content (AvgIpc) is 2.70. The van der Waals surface area contributed by atoms with E-state index in [1.54, 1.807) is 11.3 Å². The number of hydrogen-bond donors (Lipinski definition) is 1. The number of fused-ring (bicyclic) bond motifs is 1. The number of thiazole rings is 1. The lowest BCUT2D eigenvalue weighted by atomic mass is 10.2. The van der Waals surface area contributed by atoms with Gasteiger partial charge in [0.25, 0.3) is 0 Å². The van der Waals surface area contributed by atoms with Crippen LogP contribution in [0.3, 0.4) is 0 Å². The van der Waals surface area contributed by atoms with Crippen LogP contribution in [-0.4, -0.2) is 10.7 Å². The number of thioether (sulfide) groups is 1. The first-order valence-electron chi connectivity index (χ1n) is 6.08. The minimum absolute atomic E-state index is 0.820. The zero-order valence-electron chi connectivity index (χ0n) is 10.1. The summed E-state index contributed by atoms with van der Waals surface area (Å²) in [4.78, 5) is 4.60. The summed E-state index contributed by atoms with van der Waals surface area (Å²) in [6, 6.07) is 5.92. The molecule has 0 fully saturated rings. The van der Waals surface area contributed by atoms with Crippen molar-refractivity contribution >= 4 is 39.0 Å². The number of rotatable bonds is 6. The molecule has 2 N–H and O–H groups in total. The number of unbranched alkanes of at least 4 members (excludes halogenated alkanes) is 3. The van der Waals surface area contributed by atoms with Crippen molar-refractivity contribution in [2.24, 2.45) is 0 Å². The summed E-state index contributed by atoms with van der Waals surface area (Å²) in [6.07, 6.45) is 5.26. The predicted octanol–water partition coefficient (Wildman–Crippen LogP) is 4.55. The van der Waals surface area contributed by atoms with E-state index in [0.29, 0.717) is 0 Å². The lowest BCUT2D eigenvalue weighted by molar-refractivity contribution is 0.706. The molecule has 0 bridgehead atoms. The van der Waals surface area contributed by atoms with E-state index < -0.39 is 0 Å². The first-order chi connectivity index (χ1) is 8.29. The Labute approximate surface area is 111 Å². The van der Waals surface area contributed by atoms with Gasteiger partial charge in [0, 0.05) is 11.4 Å². The molecule has 0 saturated heterocycles. The van der Waals surface area contributed by atoms with Crippen molar-refractivity contribution in [1.82, 2.24) is 4.98 Å². The molecule has 1 aromatic heterocycles. The van der Waals surface area contributed by atoms with E-state index >= 15 is 0 Å². The van der Waals surface area contributed by atoms with Crippen molar-refractivity contribution < 1.29 is 0 Å². The van der Waals surface area contributed by atoms with Crippen LogP contribution in [0.4, 0.5) is 5.69 Å². The number of nitrogen functional groups attached to an aromatic ring is 1. The van der Waals surface area contributed by atoms with Gasteiger partial charge in [-0.25, -0.2) is 4.98 Å². The summed E-state index contributed by atoms with van der Waals surface area (Å²) in [5.41, 5.74) is 7.65. The van der Waals surface area contributed by atoms with E-state index in [4.69, 9.17) is 5.73 Å². The van der Waals surface area contributed by atoms with Crippen LogP contribution in [0.25, 0.3) is 10.2 Å². The van der Waals surface area contributed by atoms with E-state index in [0.717, 1.165) is 11.2 Å². The van der Waals surface area contributed by atoms with Gasteiger partial charge in [0.15, 0.2) is 4.34 Å². The lowest BCUT2D eigenvalue weighted by Gasteiger charge is -1.96. The third-order valence-electron chi connectivity index (χ3n) is 2.62. The van der Waals surface area contributed by atoms with E-state index in [9.17, 15) is 0 Å². The highest BCUT2D eigenvalue weighted by Crippen LogP contribution is 2.31.